The standard InChI is InChI=1S/C29H43BrN4O2S/c1-7-13-25(30)15-12-20-37-19-11-14-24(28(35)31-16-8-2)21-26-22(5)27(23(6)33-26)29(36)32-17-18-34(9-3)10-4/h7-8,11-12,14-16,21,25,33H,1,9-10,13,17-20H2,2-6H3,(H,31,35)(H,32,36). The normalized spacial score (nSPS) is 13.2. The second-order valence-corrected chi connectivity index (χ2v) is 10.7. The van der Waals surface area contributed by atoms with Gasteiger partial charge in [-0.25, -0.2) is 0 Å². The monoisotopic (exact) mass is 590 g/mol. The van der Waals surface area contributed by atoms with E-state index >= 15 is 0 Å². The first kappa shape index (κ1) is 32.7. The quantitative estimate of drug-likeness (QED) is 0.0691. The SMILES string of the molecule is C=CCC(Br)C=CCSCC=CC(=Cc1[nH]c(C)c(C(=O)NCCN(CC)CC)c1C)C(=O)NC=CC. The molecule has 8 heteroatoms. The molecule has 0 aromatic carbocycles. The van der Waals surface area contributed by atoms with Gasteiger partial charge in [-0.05, 0) is 58.1 Å². The van der Waals surface area contributed by atoms with Crippen LogP contribution in [0.15, 0.2) is 54.8 Å². The second kappa shape index (κ2) is 18.9. The summed E-state index contributed by atoms with van der Waals surface area (Å²) >= 11 is 5.34. The van der Waals surface area contributed by atoms with E-state index in [2.05, 4.69) is 69.0 Å². The Hall–Kier alpha value is -2.29. The first-order valence-electron chi connectivity index (χ1n) is 12.8. The number of alkyl halides is 1. The van der Waals surface area contributed by atoms with Gasteiger partial charge in [0.2, 0.25) is 0 Å². The van der Waals surface area contributed by atoms with Crippen LogP contribution in [-0.2, 0) is 4.79 Å². The van der Waals surface area contributed by atoms with Crippen molar-refractivity contribution in [2.24, 2.45) is 0 Å². The van der Waals surface area contributed by atoms with Crippen molar-refractivity contribution in [3.63, 3.8) is 0 Å². The van der Waals surface area contributed by atoms with Crippen LogP contribution < -0.4 is 10.6 Å². The fourth-order valence-corrected chi connectivity index (χ4v) is 4.72. The number of aryl methyl sites for hydroxylation is 1. The van der Waals surface area contributed by atoms with Gasteiger partial charge in [-0.1, -0.05) is 66.2 Å². The number of halogens is 1. The Kier molecular flexibility index (Phi) is 16.7. The molecule has 2 amide bonds. The molecule has 0 aliphatic rings. The number of aromatic amines is 1. The van der Waals surface area contributed by atoms with E-state index in [4.69, 9.17) is 0 Å². The van der Waals surface area contributed by atoms with Gasteiger partial charge in [-0.3, -0.25) is 9.59 Å². The van der Waals surface area contributed by atoms with Gasteiger partial charge in [0, 0.05) is 46.4 Å². The van der Waals surface area contributed by atoms with Crippen LogP contribution in [0.3, 0.4) is 0 Å². The number of nitrogens with zero attached hydrogens (tertiary/aromatic N) is 1. The Morgan fingerprint density at radius 1 is 1.19 bits per heavy atom. The molecule has 1 aromatic heterocycles. The Morgan fingerprint density at radius 3 is 2.54 bits per heavy atom. The minimum atomic E-state index is -0.206. The van der Waals surface area contributed by atoms with Crippen molar-refractivity contribution >= 4 is 45.6 Å². The highest BCUT2D eigenvalue weighted by Crippen LogP contribution is 2.21. The average Bonchev–Trinajstić information content (AvgIpc) is 3.16. The zero-order chi connectivity index (χ0) is 27.6. The number of aromatic nitrogens is 1. The number of carbonyl (C=O) groups is 2. The summed E-state index contributed by atoms with van der Waals surface area (Å²) in [5, 5.41) is 5.81. The van der Waals surface area contributed by atoms with Crippen molar-refractivity contribution in [2.75, 3.05) is 37.7 Å². The lowest BCUT2D eigenvalue weighted by Crippen LogP contribution is -2.35. The maximum absolute atomic E-state index is 12.9. The van der Waals surface area contributed by atoms with Crippen molar-refractivity contribution in [3.05, 3.63) is 77.3 Å². The largest absolute Gasteiger partial charge is 0.358 e. The lowest BCUT2D eigenvalue weighted by molar-refractivity contribution is -0.116. The number of rotatable bonds is 17. The summed E-state index contributed by atoms with van der Waals surface area (Å²) < 4.78 is 0. The minimum absolute atomic E-state index is 0.100. The van der Waals surface area contributed by atoms with Gasteiger partial charge in [0.05, 0.1) is 5.56 Å². The van der Waals surface area contributed by atoms with Crippen molar-refractivity contribution < 1.29 is 9.59 Å². The smallest absolute Gasteiger partial charge is 0.255 e. The van der Waals surface area contributed by atoms with Gasteiger partial charge in [0.15, 0.2) is 0 Å². The number of hydrogen-bond acceptors (Lipinski definition) is 4. The fourth-order valence-electron chi connectivity index (χ4n) is 3.62. The van der Waals surface area contributed by atoms with Crippen LogP contribution in [0.4, 0.5) is 0 Å². The lowest BCUT2D eigenvalue weighted by Gasteiger charge is -2.18. The number of thioether (sulfide) groups is 1. The van der Waals surface area contributed by atoms with E-state index in [-0.39, 0.29) is 11.8 Å². The molecular formula is C29H43BrN4O2S. The second-order valence-electron chi connectivity index (χ2n) is 8.43. The zero-order valence-electron chi connectivity index (χ0n) is 22.9. The number of hydrogen-bond donors (Lipinski definition) is 3. The van der Waals surface area contributed by atoms with Crippen LogP contribution in [0.25, 0.3) is 6.08 Å². The maximum Gasteiger partial charge on any atom is 0.255 e. The molecule has 0 saturated carbocycles. The summed E-state index contributed by atoms with van der Waals surface area (Å²) in [4.78, 5) is 31.6. The highest BCUT2D eigenvalue weighted by molar-refractivity contribution is 9.09. The Balaban J connectivity index is 2.96. The molecule has 1 unspecified atom stereocenters. The molecule has 37 heavy (non-hydrogen) atoms. The van der Waals surface area contributed by atoms with Gasteiger partial charge in [-0.15, -0.1) is 6.58 Å². The van der Waals surface area contributed by atoms with Crippen molar-refractivity contribution in [2.45, 2.75) is 45.9 Å². The van der Waals surface area contributed by atoms with Crippen LogP contribution in [0, 0.1) is 13.8 Å². The molecule has 0 saturated heterocycles. The molecule has 6 nitrogen and oxygen atoms in total. The van der Waals surface area contributed by atoms with E-state index in [1.807, 2.05) is 39.0 Å². The average molecular weight is 592 g/mol. The number of H-pyrrole nitrogens is 1. The highest BCUT2D eigenvalue weighted by Gasteiger charge is 2.18. The van der Waals surface area contributed by atoms with E-state index in [9.17, 15) is 9.59 Å². The summed E-state index contributed by atoms with van der Waals surface area (Å²) in [5.41, 5.74) is 3.50. The summed E-state index contributed by atoms with van der Waals surface area (Å²) in [6.07, 6.45) is 16.1. The molecule has 0 fully saturated rings. The maximum atomic E-state index is 12.9. The topological polar surface area (TPSA) is 77.2 Å². The molecule has 0 aliphatic carbocycles. The molecule has 1 aromatic rings. The van der Waals surface area contributed by atoms with Crippen molar-refractivity contribution in [1.82, 2.24) is 20.5 Å². The Bertz CT molecular complexity index is 990. The van der Waals surface area contributed by atoms with E-state index in [0.717, 1.165) is 54.5 Å². The van der Waals surface area contributed by atoms with Crippen LogP contribution in [0.5, 0.6) is 0 Å². The van der Waals surface area contributed by atoms with E-state index in [1.54, 1.807) is 30.1 Å². The van der Waals surface area contributed by atoms with Crippen LogP contribution in [0.2, 0.25) is 0 Å². The summed E-state index contributed by atoms with van der Waals surface area (Å²) in [6, 6.07) is 0. The predicted octanol–water partition coefficient (Wildman–Crippen LogP) is 5.92. The number of amides is 2. The van der Waals surface area contributed by atoms with Gasteiger partial charge >= 0.3 is 0 Å². The summed E-state index contributed by atoms with van der Waals surface area (Å²) in [6.45, 7) is 16.9. The third kappa shape index (κ3) is 12.2. The zero-order valence-corrected chi connectivity index (χ0v) is 25.3. The minimum Gasteiger partial charge on any atom is -0.358 e. The molecular weight excluding hydrogens is 548 g/mol. The summed E-state index contributed by atoms with van der Waals surface area (Å²) in [7, 11) is 0. The van der Waals surface area contributed by atoms with Gasteiger partial charge in [0.1, 0.15) is 0 Å². The third-order valence-electron chi connectivity index (χ3n) is 5.72. The molecule has 0 spiro atoms. The van der Waals surface area contributed by atoms with Crippen molar-refractivity contribution in [3.8, 4) is 0 Å². The van der Waals surface area contributed by atoms with E-state index in [0.29, 0.717) is 22.5 Å². The molecule has 204 valence electrons. The first-order valence-corrected chi connectivity index (χ1v) is 14.8. The Labute approximate surface area is 235 Å². The molecule has 1 heterocycles. The lowest BCUT2D eigenvalue weighted by atomic mass is 10.1. The number of likely N-dealkylation sites (N-methyl/N-ethyl adjacent to an activating group) is 1. The molecule has 0 radical (unpaired) electrons. The van der Waals surface area contributed by atoms with Crippen LogP contribution >= 0.6 is 27.7 Å². The summed E-state index contributed by atoms with van der Waals surface area (Å²) in [5.74, 6) is 1.35. The van der Waals surface area contributed by atoms with Gasteiger partial charge < -0.3 is 20.5 Å². The number of carbonyl (C=O) groups excluding carboxylic acids is 2. The van der Waals surface area contributed by atoms with Gasteiger partial charge in [0.25, 0.3) is 11.8 Å². The van der Waals surface area contributed by atoms with Crippen molar-refractivity contribution in [1.29, 1.82) is 0 Å². The molecule has 1 atom stereocenters. The fraction of sp³-hybridized carbons (Fsp3) is 0.448. The Morgan fingerprint density at radius 2 is 1.89 bits per heavy atom. The molecule has 3 N–H and O–H groups in total. The molecule has 0 aliphatic heterocycles. The number of nitrogens with one attached hydrogen (secondary N) is 3. The molecule has 1 rings (SSSR count). The third-order valence-corrected chi connectivity index (χ3v) is 7.25. The first-order chi connectivity index (χ1) is 17.8. The highest BCUT2D eigenvalue weighted by atomic mass is 79.9. The van der Waals surface area contributed by atoms with Crippen LogP contribution in [-0.4, -0.2) is 64.2 Å². The van der Waals surface area contributed by atoms with E-state index < -0.39 is 0 Å². The predicted molar refractivity (Wildman–Crippen MR) is 164 cm³/mol. The van der Waals surface area contributed by atoms with Gasteiger partial charge in [-0.2, -0.15) is 11.8 Å². The van der Waals surface area contributed by atoms with Crippen LogP contribution in [0.1, 0.15) is 54.5 Å². The molecule has 0 bridgehead atoms. The van der Waals surface area contributed by atoms with E-state index in [1.165, 1.54) is 0 Å². The number of allylic oxidation sites excluding steroid dienone is 3.